The fraction of sp³-hybridized carbons (Fsp3) is 0.381. The van der Waals surface area contributed by atoms with Crippen LogP contribution in [-0.4, -0.2) is 22.1 Å². The number of benzene rings is 1. The van der Waals surface area contributed by atoms with Crippen LogP contribution in [0.4, 0.5) is 19.3 Å². The number of alkyl halides is 2. The number of carbonyl (C=O) groups is 1. The van der Waals surface area contributed by atoms with Gasteiger partial charge in [-0.05, 0) is 38.3 Å². The maximum atomic E-state index is 12.0. The van der Waals surface area contributed by atoms with Gasteiger partial charge in [0.25, 0.3) is 5.56 Å². The standard InChI is InChI=1S/C19H17N3O3.C2H4F2/c1-12-8-18(23)22(11-20-12)10-14-4-6-15-16(9-14)21-19(24)25-17(15)7-5-13-2-3-13;1-2(3)4/h4,6,8-9,11,13,17H,2-3,10H2,1H3,(H,21,24);2H,1H3/t17-;/m0./s1. The van der Waals surface area contributed by atoms with Crippen molar-refractivity contribution < 1.29 is 18.3 Å². The number of carbonyl (C=O) groups excluding carboxylic acids is 1. The number of amides is 1. The molecule has 1 aliphatic carbocycles. The SMILES string of the molecule is CC(F)F.Cc1cc(=O)n(Cc2ccc3c(c2)NC(=O)O[C@H]3C#CC2CC2)cn1. The van der Waals surface area contributed by atoms with Gasteiger partial charge in [0, 0.05) is 23.2 Å². The van der Waals surface area contributed by atoms with Crippen molar-refractivity contribution in [1.82, 2.24) is 9.55 Å². The van der Waals surface area contributed by atoms with Crippen molar-refractivity contribution >= 4 is 11.8 Å². The van der Waals surface area contributed by atoms with E-state index in [0.29, 0.717) is 23.8 Å². The molecule has 2 heterocycles. The van der Waals surface area contributed by atoms with Crippen LogP contribution in [0.25, 0.3) is 0 Å². The number of hydrogen-bond donors (Lipinski definition) is 1. The minimum Gasteiger partial charge on any atom is -0.428 e. The summed E-state index contributed by atoms with van der Waals surface area (Å²) in [7, 11) is 0. The molecule has 0 radical (unpaired) electrons. The average molecular weight is 401 g/mol. The molecular weight excluding hydrogens is 380 g/mol. The Hall–Kier alpha value is -3.21. The van der Waals surface area contributed by atoms with E-state index in [-0.39, 0.29) is 5.56 Å². The van der Waals surface area contributed by atoms with Crippen molar-refractivity contribution in [2.45, 2.75) is 45.8 Å². The molecular formula is C21H21F2N3O3. The van der Waals surface area contributed by atoms with Crippen LogP contribution < -0.4 is 10.9 Å². The summed E-state index contributed by atoms with van der Waals surface area (Å²) in [6.07, 6.45) is 0.563. The van der Waals surface area contributed by atoms with Crippen LogP contribution in [-0.2, 0) is 11.3 Å². The zero-order valence-electron chi connectivity index (χ0n) is 16.1. The summed E-state index contributed by atoms with van der Waals surface area (Å²) in [4.78, 5) is 27.9. The molecule has 1 fully saturated rings. The summed E-state index contributed by atoms with van der Waals surface area (Å²) in [5.74, 6) is 6.64. The van der Waals surface area contributed by atoms with Crippen LogP contribution in [0.1, 0.15) is 42.7 Å². The summed E-state index contributed by atoms with van der Waals surface area (Å²) in [6.45, 7) is 3.00. The number of hydrogen-bond acceptors (Lipinski definition) is 4. The molecule has 29 heavy (non-hydrogen) atoms. The number of halogens is 2. The highest BCUT2D eigenvalue weighted by Gasteiger charge is 2.26. The fourth-order valence-corrected chi connectivity index (χ4v) is 2.71. The van der Waals surface area contributed by atoms with E-state index in [2.05, 4.69) is 22.1 Å². The van der Waals surface area contributed by atoms with Crippen LogP contribution in [0.5, 0.6) is 0 Å². The monoisotopic (exact) mass is 401 g/mol. The van der Waals surface area contributed by atoms with Crippen molar-refractivity contribution in [3.8, 4) is 11.8 Å². The Balaban J connectivity index is 0.000000552. The summed E-state index contributed by atoms with van der Waals surface area (Å²) in [5.41, 5.74) is 2.99. The highest BCUT2D eigenvalue weighted by Crippen LogP contribution is 2.33. The van der Waals surface area contributed by atoms with Gasteiger partial charge in [0.2, 0.25) is 6.43 Å². The van der Waals surface area contributed by atoms with Crippen LogP contribution in [0, 0.1) is 24.7 Å². The molecule has 0 unspecified atom stereocenters. The average Bonchev–Trinajstić information content (AvgIpc) is 3.45. The maximum absolute atomic E-state index is 12.0. The minimum absolute atomic E-state index is 0.106. The lowest BCUT2D eigenvalue weighted by molar-refractivity contribution is 0.134. The molecule has 6 nitrogen and oxygen atoms in total. The molecule has 1 aromatic heterocycles. The van der Waals surface area contributed by atoms with Gasteiger partial charge in [-0.15, -0.1) is 0 Å². The normalized spacial score (nSPS) is 17.1. The minimum atomic E-state index is -2.17. The third-order valence-electron chi connectivity index (χ3n) is 4.23. The maximum Gasteiger partial charge on any atom is 0.413 e. The van der Waals surface area contributed by atoms with E-state index >= 15 is 0 Å². The van der Waals surface area contributed by atoms with E-state index in [1.807, 2.05) is 18.2 Å². The Kier molecular flexibility index (Phi) is 6.27. The Morgan fingerprint density at radius 3 is 2.66 bits per heavy atom. The van der Waals surface area contributed by atoms with E-state index in [0.717, 1.165) is 30.9 Å². The molecule has 1 atom stereocenters. The highest BCUT2D eigenvalue weighted by atomic mass is 19.3. The second kappa shape index (κ2) is 8.86. The van der Waals surface area contributed by atoms with Crippen LogP contribution in [0.15, 0.2) is 35.4 Å². The Labute approximate surface area is 166 Å². The Bertz CT molecular complexity index is 1020. The summed E-state index contributed by atoms with van der Waals surface area (Å²) in [6, 6.07) is 7.16. The van der Waals surface area contributed by atoms with E-state index in [1.54, 1.807) is 6.92 Å². The predicted molar refractivity (Wildman–Crippen MR) is 104 cm³/mol. The molecule has 152 valence electrons. The number of ether oxygens (including phenoxy) is 1. The molecule has 1 amide bonds. The number of anilines is 1. The molecule has 2 aliphatic rings. The Morgan fingerprint density at radius 2 is 2.00 bits per heavy atom. The fourth-order valence-electron chi connectivity index (χ4n) is 2.71. The third kappa shape index (κ3) is 5.88. The third-order valence-corrected chi connectivity index (χ3v) is 4.23. The van der Waals surface area contributed by atoms with E-state index in [1.165, 1.54) is 17.0 Å². The second-order valence-electron chi connectivity index (χ2n) is 6.91. The number of fused-ring (bicyclic) bond motifs is 1. The van der Waals surface area contributed by atoms with E-state index in [4.69, 9.17) is 4.74 Å². The topological polar surface area (TPSA) is 73.2 Å². The van der Waals surface area contributed by atoms with Crippen LogP contribution in [0.2, 0.25) is 0 Å². The van der Waals surface area contributed by atoms with Gasteiger partial charge in [-0.2, -0.15) is 0 Å². The van der Waals surface area contributed by atoms with Crippen molar-refractivity contribution in [1.29, 1.82) is 0 Å². The zero-order chi connectivity index (χ0) is 21.0. The first-order chi connectivity index (χ1) is 13.8. The van der Waals surface area contributed by atoms with Gasteiger partial charge in [0.1, 0.15) is 0 Å². The van der Waals surface area contributed by atoms with Gasteiger partial charge in [-0.3, -0.25) is 14.7 Å². The van der Waals surface area contributed by atoms with Gasteiger partial charge in [0.05, 0.1) is 18.6 Å². The lowest BCUT2D eigenvalue weighted by atomic mass is 10.0. The van der Waals surface area contributed by atoms with Gasteiger partial charge < -0.3 is 4.74 Å². The molecule has 4 rings (SSSR count). The first kappa shape index (κ1) is 20.5. The van der Waals surface area contributed by atoms with Crippen molar-refractivity contribution in [2.75, 3.05) is 5.32 Å². The number of aromatic nitrogens is 2. The van der Waals surface area contributed by atoms with Crippen molar-refractivity contribution in [2.24, 2.45) is 5.92 Å². The lowest BCUT2D eigenvalue weighted by Gasteiger charge is -2.23. The van der Waals surface area contributed by atoms with Gasteiger partial charge in [-0.1, -0.05) is 24.0 Å². The highest BCUT2D eigenvalue weighted by molar-refractivity contribution is 5.88. The first-order valence-electron chi connectivity index (χ1n) is 9.24. The van der Waals surface area contributed by atoms with Crippen molar-refractivity contribution in [3.05, 3.63) is 57.8 Å². The summed E-state index contributed by atoms with van der Waals surface area (Å²) < 4.78 is 27.5. The lowest BCUT2D eigenvalue weighted by Crippen LogP contribution is -2.24. The zero-order valence-corrected chi connectivity index (χ0v) is 16.1. The van der Waals surface area contributed by atoms with Crippen LogP contribution in [0.3, 0.4) is 0 Å². The summed E-state index contributed by atoms with van der Waals surface area (Å²) >= 11 is 0. The molecule has 1 saturated carbocycles. The number of cyclic esters (lactones) is 1. The largest absolute Gasteiger partial charge is 0.428 e. The smallest absolute Gasteiger partial charge is 0.413 e. The predicted octanol–water partition coefficient (Wildman–Crippen LogP) is 3.89. The molecule has 1 aliphatic heterocycles. The molecule has 8 heteroatoms. The molecule has 2 aromatic rings. The second-order valence-corrected chi connectivity index (χ2v) is 6.91. The Morgan fingerprint density at radius 1 is 1.28 bits per heavy atom. The number of rotatable bonds is 2. The van der Waals surface area contributed by atoms with E-state index in [9.17, 15) is 18.4 Å². The molecule has 0 bridgehead atoms. The van der Waals surface area contributed by atoms with Gasteiger partial charge in [0.15, 0.2) is 6.10 Å². The van der Waals surface area contributed by atoms with Gasteiger partial charge in [-0.25, -0.2) is 18.6 Å². The van der Waals surface area contributed by atoms with Gasteiger partial charge >= 0.3 is 6.09 Å². The number of nitrogens with zero attached hydrogens (tertiary/aromatic N) is 2. The van der Waals surface area contributed by atoms with Crippen LogP contribution >= 0.6 is 0 Å². The molecule has 1 aromatic carbocycles. The molecule has 0 saturated heterocycles. The number of nitrogens with one attached hydrogen (secondary N) is 1. The number of aryl methyl sites for hydroxylation is 1. The summed E-state index contributed by atoms with van der Waals surface area (Å²) in [5, 5.41) is 2.71. The molecule has 0 spiro atoms. The first-order valence-corrected chi connectivity index (χ1v) is 9.24. The van der Waals surface area contributed by atoms with E-state index < -0.39 is 18.6 Å². The quantitative estimate of drug-likeness (QED) is 0.775. The van der Waals surface area contributed by atoms with Crippen molar-refractivity contribution in [3.63, 3.8) is 0 Å². The molecule has 1 N–H and O–H groups in total.